The molecule has 6 heteroatoms. The third kappa shape index (κ3) is 2.41. The molecule has 2 N–H and O–H groups in total. The molecule has 1 heterocycles. The molecule has 0 amide bonds. The van der Waals surface area contributed by atoms with Gasteiger partial charge in [0.25, 0.3) is 0 Å². The molecule has 0 aromatic heterocycles. The van der Waals surface area contributed by atoms with Crippen LogP contribution >= 0.6 is 0 Å². The summed E-state index contributed by atoms with van der Waals surface area (Å²) < 4.78 is 43.4. The smallest absolute Gasteiger partial charge is 0.416 e. The summed E-state index contributed by atoms with van der Waals surface area (Å²) in [6.45, 7) is 0.213. The molecule has 1 aromatic carbocycles. The summed E-state index contributed by atoms with van der Waals surface area (Å²) in [7, 11) is 0. The van der Waals surface area contributed by atoms with Crippen molar-refractivity contribution in [1.29, 1.82) is 0 Å². The van der Waals surface area contributed by atoms with Gasteiger partial charge in [0.15, 0.2) is 5.90 Å². The Kier molecular flexibility index (Phi) is 3.06. The van der Waals surface area contributed by atoms with Gasteiger partial charge in [0.2, 0.25) is 0 Å². The summed E-state index contributed by atoms with van der Waals surface area (Å²) in [5.74, 6) is 0.298. The molecule has 17 heavy (non-hydrogen) atoms. The summed E-state index contributed by atoms with van der Waals surface area (Å²) in [5, 5.41) is 0. The molecule has 1 unspecified atom stereocenters. The molecule has 0 fully saturated rings. The van der Waals surface area contributed by atoms with Crippen molar-refractivity contribution in [3.05, 3.63) is 35.4 Å². The van der Waals surface area contributed by atoms with E-state index in [4.69, 9.17) is 10.5 Å². The van der Waals surface area contributed by atoms with Crippen LogP contribution in [0.2, 0.25) is 0 Å². The third-order valence-electron chi connectivity index (χ3n) is 2.51. The first kappa shape index (κ1) is 11.9. The van der Waals surface area contributed by atoms with Gasteiger partial charge in [-0.25, -0.2) is 4.99 Å². The minimum Gasteiger partial charge on any atom is -0.477 e. The van der Waals surface area contributed by atoms with Gasteiger partial charge >= 0.3 is 6.18 Å². The average molecular weight is 244 g/mol. The Hall–Kier alpha value is -1.56. The van der Waals surface area contributed by atoms with E-state index in [2.05, 4.69) is 4.99 Å². The van der Waals surface area contributed by atoms with Gasteiger partial charge < -0.3 is 10.5 Å². The first-order chi connectivity index (χ1) is 8.02. The van der Waals surface area contributed by atoms with Crippen LogP contribution in [0.5, 0.6) is 0 Å². The van der Waals surface area contributed by atoms with Crippen LogP contribution in [0.4, 0.5) is 13.2 Å². The van der Waals surface area contributed by atoms with Crippen molar-refractivity contribution >= 4 is 5.90 Å². The average Bonchev–Trinajstić information content (AvgIpc) is 2.76. The highest BCUT2D eigenvalue weighted by molar-refractivity contribution is 5.79. The number of aliphatic imine (C=N–C) groups is 1. The number of alkyl halides is 3. The number of nitrogens with zero attached hydrogens (tertiary/aromatic N) is 1. The lowest BCUT2D eigenvalue weighted by Gasteiger charge is -2.14. The number of halogens is 3. The van der Waals surface area contributed by atoms with Crippen LogP contribution in [-0.4, -0.2) is 19.0 Å². The standard InChI is InChI=1S/C11H11F3N2O/c12-11(13,14)8-4-2-1-3-7(8)9-6-17-10(5-15)16-9/h1-4,9H,5-6,15H2. The van der Waals surface area contributed by atoms with E-state index in [0.29, 0.717) is 5.90 Å². The van der Waals surface area contributed by atoms with E-state index < -0.39 is 17.8 Å². The Labute approximate surface area is 96.1 Å². The molecular weight excluding hydrogens is 233 g/mol. The van der Waals surface area contributed by atoms with E-state index in [1.165, 1.54) is 12.1 Å². The molecule has 0 aliphatic carbocycles. The molecule has 1 aliphatic heterocycles. The summed E-state index contributed by atoms with van der Waals surface area (Å²) in [6, 6.07) is 4.76. The molecule has 3 nitrogen and oxygen atoms in total. The lowest BCUT2D eigenvalue weighted by Crippen LogP contribution is -2.13. The van der Waals surface area contributed by atoms with Crippen molar-refractivity contribution in [2.45, 2.75) is 12.2 Å². The van der Waals surface area contributed by atoms with Gasteiger partial charge in [-0.3, -0.25) is 0 Å². The highest BCUT2D eigenvalue weighted by atomic mass is 19.4. The van der Waals surface area contributed by atoms with E-state index >= 15 is 0 Å². The van der Waals surface area contributed by atoms with Crippen molar-refractivity contribution in [1.82, 2.24) is 0 Å². The van der Waals surface area contributed by atoms with Crippen molar-refractivity contribution in [2.24, 2.45) is 10.7 Å². The quantitative estimate of drug-likeness (QED) is 0.866. The van der Waals surface area contributed by atoms with Crippen LogP contribution in [0.25, 0.3) is 0 Å². The number of nitrogens with two attached hydrogens (primary N) is 1. The molecule has 1 aromatic rings. The Morgan fingerprint density at radius 3 is 2.65 bits per heavy atom. The SMILES string of the molecule is NCC1=NC(c2ccccc2C(F)(F)F)CO1. The first-order valence-corrected chi connectivity index (χ1v) is 5.08. The van der Waals surface area contributed by atoms with Gasteiger partial charge in [-0.2, -0.15) is 13.2 Å². The van der Waals surface area contributed by atoms with E-state index in [1.807, 2.05) is 0 Å². The molecular formula is C11H11F3N2O. The van der Waals surface area contributed by atoms with Crippen LogP contribution in [-0.2, 0) is 10.9 Å². The summed E-state index contributed by atoms with van der Waals surface area (Å²) in [5.41, 5.74) is 4.78. The fraction of sp³-hybridized carbons (Fsp3) is 0.364. The summed E-state index contributed by atoms with van der Waals surface area (Å²) in [4.78, 5) is 4.02. The Morgan fingerprint density at radius 2 is 2.06 bits per heavy atom. The normalized spacial score (nSPS) is 20.0. The largest absolute Gasteiger partial charge is 0.477 e. The third-order valence-corrected chi connectivity index (χ3v) is 2.51. The zero-order valence-corrected chi connectivity index (χ0v) is 8.87. The molecule has 0 saturated carbocycles. The van der Waals surface area contributed by atoms with Crippen LogP contribution in [0.1, 0.15) is 17.2 Å². The van der Waals surface area contributed by atoms with Crippen LogP contribution in [0.15, 0.2) is 29.3 Å². The number of hydrogen-bond donors (Lipinski definition) is 1. The van der Waals surface area contributed by atoms with Crippen molar-refractivity contribution in [2.75, 3.05) is 13.2 Å². The monoisotopic (exact) mass is 244 g/mol. The fourth-order valence-corrected chi connectivity index (χ4v) is 1.74. The summed E-state index contributed by atoms with van der Waals surface area (Å²) in [6.07, 6.45) is -4.38. The molecule has 92 valence electrons. The van der Waals surface area contributed by atoms with Gasteiger partial charge in [-0.1, -0.05) is 18.2 Å². The van der Waals surface area contributed by atoms with Crippen molar-refractivity contribution < 1.29 is 17.9 Å². The second-order valence-corrected chi connectivity index (χ2v) is 3.64. The number of benzene rings is 1. The van der Waals surface area contributed by atoms with Crippen molar-refractivity contribution in [3.8, 4) is 0 Å². The summed E-state index contributed by atoms with van der Waals surface area (Å²) >= 11 is 0. The lowest BCUT2D eigenvalue weighted by atomic mass is 10.0. The number of rotatable bonds is 2. The van der Waals surface area contributed by atoms with Crippen LogP contribution in [0.3, 0.4) is 0 Å². The van der Waals surface area contributed by atoms with Crippen molar-refractivity contribution in [3.63, 3.8) is 0 Å². The second kappa shape index (κ2) is 4.37. The zero-order valence-electron chi connectivity index (χ0n) is 8.87. The van der Waals surface area contributed by atoms with Crippen LogP contribution < -0.4 is 5.73 Å². The highest BCUT2D eigenvalue weighted by Crippen LogP contribution is 2.36. The number of ether oxygens (including phenoxy) is 1. The topological polar surface area (TPSA) is 47.6 Å². The van der Waals surface area contributed by atoms with E-state index in [-0.39, 0.29) is 18.7 Å². The minimum atomic E-state index is -4.38. The molecule has 0 saturated heterocycles. The van der Waals surface area contributed by atoms with Gasteiger partial charge in [0.1, 0.15) is 12.6 Å². The molecule has 1 atom stereocenters. The Morgan fingerprint density at radius 1 is 1.35 bits per heavy atom. The maximum atomic E-state index is 12.8. The molecule has 0 spiro atoms. The Bertz CT molecular complexity index is 443. The Balaban J connectivity index is 2.37. The molecule has 0 radical (unpaired) electrons. The molecule has 1 aliphatic rings. The van der Waals surface area contributed by atoms with E-state index in [0.717, 1.165) is 6.07 Å². The van der Waals surface area contributed by atoms with Gasteiger partial charge in [0, 0.05) is 0 Å². The predicted octanol–water partition coefficient (Wildman–Crippen LogP) is 2.13. The van der Waals surface area contributed by atoms with E-state index in [9.17, 15) is 13.2 Å². The minimum absolute atomic E-state index is 0.102. The maximum Gasteiger partial charge on any atom is 0.416 e. The highest BCUT2D eigenvalue weighted by Gasteiger charge is 2.36. The van der Waals surface area contributed by atoms with Gasteiger partial charge in [-0.05, 0) is 11.6 Å². The van der Waals surface area contributed by atoms with E-state index in [1.54, 1.807) is 6.07 Å². The molecule has 0 bridgehead atoms. The zero-order chi connectivity index (χ0) is 12.5. The number of hydrogen-bond acceptors (Lipinski definition) is 3. The predicted molar refractivity (Wildman–Crippen MR) is 56.6 cm³/mol. The molecule has 2 rings (SSSR count). The maximum absolute atomic E-state index is 12.8. The van der Waals surface area contributed by atoms with Gasteiger partial charge in [0.05, 0.1) is 12.1 Å². The second-order valence-electron chi connectivity index (χ2n) is 3.64. The van der Waals surface area contributed by atoms with Crippen LogP contribution in [0, 0.1) is 0 Å². The lowest BCUT2D eigenvalue weighted by molar-refractivity contribution is -0.138. The fourth-order valence-electron chi connectivity index (χ4n) is 1.74. The first-order valence-electron chi connectivity index (χ1n) is 5.08. The van der Waals surface area contributed by atoms with Gasteiger partial charge in [-0.15, -0.1) is 0 Å².